The summed E-state index contributed by atoms with van der Waals surface area (Å²) >= 11 is 2.07. The number of nitrogens with zero attached hydrogens (tertiary/aromatic N) is 2. The van der Waals surface area contributed by atoms with Gasteiger partial charge in [0, 0.05) is 41.2 Å². The second kappa shape index (κ2) is 11.9. The maximum absolute atomic E-state index is 15.8. The third-order valence-electron chi connectivity index (χ3n) is 7.94. The molecule has 35 heavy (non-hydrogen) atoms. The normalized spacial score (nSPS) is 19.7. The summed E-state index contributed by atoms with van der Waals surface area (Å²) in [6, 6.07) is 5.40. The van der Waals surface area contributed by atoms with Gasteiger partial charge in [0.2, 0.25) is 0 Å². The third kappa shape index (κ3) is 6.09. The maximum atomic E-state index is 15.8. The monoisotopic (exact) mass is 503 g/mol. The number of halogens is 1. The highest BCUT2D eigenvalue weighted by molar-refractivity contribution is 7.99. The fourth-order valence-electron chi connectivity index (χ4n) is 5.62. The number of carbonyl (C=O) groups is 1. The lowest BCUT2D eigenvalue weighted by atomic mass is 9.74. The van der Waals surface area contributed by atoms with Crippen LogP contribution in [-0.2, 0) is 11.3 Å². The molecule has 1 aromatic heterocycles. The molecular weight excluding hydrogens is 465 g/mol. The van der Waals surface area contributed by atoms with Crippen molar-refractivity contribution in [2.75, 3.05) is 32.5 Å². The van der Waals surface area contributed by atoms with Gasteiger partial charge in [0.25, 0.3) is 0 Å². The van der Waals surface area contributed by atoms with E-state index >= 15 is 4.39 Å². The van der Waals surface area contributed by atoms with Crippen LogP contribution in [0.5, 0.6) is 5.75 Å². The Hall–Kier alpha value is -1.90. The molecule has 2 heterocycles. The molecule has 1 unspecified atom stereocenters. The van der Waals surface area contributed by atoms with Gasteiger partial charge >= 0.3 is 5.97 Å². The predicted molar refractivity (Wildman–Crippen MR) is 140 cm³/mol. The number of piperidine rings is 1. The number of thioether (sulfide) groups is 1. The number of hydrogen-bond acceptors (Lipinski definition) is 6. The number of hydrogen-bond donors (Lipinski definition) is 2. The summed E-state index contributed by atoms with van der Waals surface area (Å²) < 4.78 is 21.1. The number of carboxylic acids is 1. The molecule has 1 saturated heterocycles. The van der Waals surface area contributed by atoms with E-state index in [-0.39, 0.29) is 13.0 Å². The average molecular weight is 504 g/mol. The van der Waals surface area contributed by atoms with Crippen molar-refractivity contribution in [2.45, 2.75) is 69.3 Å². The van der Waals surface area contributed by atoms with Crippen molar-refractivity contribution >= 4 is 28.6 Å². The molecule has 0 spiro atoms. The van der Waals surface area contributed by atoms with E-state index in [1.807, 2.05) is 6.07 Å². The second-order valence-corrected chi connectivity index (χ2v) is 11.4. The number of fused-ring (bicyclic) bond motifs is 1. The summed E-state index contributed by atoms with van der Waals surface area (Å²) in [7, 11) is 1.57. The van der Waals surface area contributed by atoms with Crippen LogP contribution in [0.2, 0.25) is 0 Å². The zero-order valence-electron chi connectivity index (χ0n) is 20.7. The fourth-order valence-corrected chi connectivity index (χ4v) is 6.98. The molecule has 8 heteroatoms. The number of carboxylic acid groups (broad SMARTS) is 1. The zero-order valence-corrected chi connectivity index (χ0v) is 21.5. The van der Waals surface area contributed by atoms with Crippen LogP contribution in [0, 0.1) is 5.41 Å². The molecule has 3 N–H and O–H groups in total. The van der Waals surface area contributed by atoms with Crippen LogP contribution in [0.3, 0.4) is 0 Å². The van der Waals surface area contributed by atoms with Crippen LogP contribution in [0.15, 0.2) is 24.4 Å². The van der Waals surface area contributed by atoms with E-state index in [1.165, 1.54) is 25.7 Å². The Bertz CT molecular complexity index is 1000. The summed E-state index contributed by atoms with van der Waals surface area (Å²) in [6.45, 7) is 2.71. The number of pyridine rings is 1. The van der Waals surface area contributed by atoms with E-state index in [1.54, 1.807) is 25.4 Å². The minimum absolute atomic E-state index is 0.146. The van der Waals surface area contributed by atoms with Crippen molar-refractivity contribution in [3.8, 4) is 5.75 Å². The van der Waals surface area contributed by atoms with Crippen molar-refractivity contribution in [1.82, 2.24) is 9.88 Å². The van der Waals surface area contributed by atoms with Crippen LogP contribution in [0.25, 0.3) is 10.9 Å². The molecule has 1 atom stereocenters. The Labute approximate surface area is 211 Å². The highest BCUT2D eigenvalue weighted by Gasteiger charge is 2.41. The molecule has 1 saturated carbocycles. The van der Waals surface area contributed by atoms with Gasteiger partial charge in [0.15, 0.2) is 0 Å². The van der Waals surface area contributed by atoms with Crippen molar-refractivity contribution in [3.05, 3.63) is 35.5 Å². The lowest BCUT2D eigenvalue weighted by Gasteiger charge is -2.39. The van der Waals surface area contributed by atoms with Gasteiger partial charge in [-0.25, -0.2) is 4.39 Å². The first kappa shape index (κ1) is 26.2. The minimum atomic E-state index is -1.32. The summed E-state index contributed by atoms with van der Waals surface area (Å²) in [5.74, 6) is 0.935. The molecule has 0 bridgehead atoms. The molecule has 4 rings (SSSR count). The molecule has 2 aliphatic rings. The van der Waals surface area contributed by atoms with Crippen molar-refractivity contribution in [2.24, 2.45) is 11.1 Å². The number of rotatable bonds is 11. The molecule has 0 radical (unpaired) electrons. The molecule has 1 aliphatic carbocycles. The quantitative estimate of drug-likeness (QED) is 0.428. The number of ether oxygens (including phenoxy) is 1. The van der Waals surface area contributed by atoms with Crippen LogP contribution in [0.4, 0.5) is 4.39 Å². The number of likely N-dealkylation sites (tertiary alicyclic amines) is 1. The molecular formula is C27H38FN3O3S. The topological polar surface area (TPSA) is 88.7 Å². The summed E-state index contributed by atoms with van der Waals surface area (Å²) in [4.78, 5) is 19.1. The van der Waals surface area contributed by atoms with Gasteiger partial charge < -0.3 is 20.5 Å². The van der Waals surface area contributed by atoms with E-state index < -0.39 is 17.6 Å². The van der Waals surface area contributed by atoms with Crippen LogP contribution in [-0.4, -0.2) is 58.7 Å². The number of nitrogens with two attached hydrogens (primary N) is 1. The lowest BCUT2D eigenvalue weighted by Crippen LogP contribution is -2.45. The van der Waals surface area contributed by atoms with Crippen LogP contribution >= 0.6 is 11.8 Å². The van der Waals surface area contributed by atoms with Gasteiger partial charge in [-0.2, -0.15) is 11.8 Å². The predicted octanol–water partition coefficient (Wildman–Crippen LogP) is 5.34. The number of methoxy groups -OCH3 is 1. The first-order valence-electron chi connectivity index (χ1n) is 12.8. The van der Waals surface area contributed by atoms with E-state index in [0.717, 1.165) is 30.6 Å². The van der Waals surface area contributed by atoms with Crippen molar-refractivity contribution in [1.29, 1.82) is 0 Å². The van der Waals surface area contributed by atoms with Gasteiger partial charge in [-0.05, 0) is 75.4 Å². The summed E-state index contributed by atoms with van der Waals surface area (Å²) in [5.41, 5.74) is 6.89. The van der Waals surface area contributed by atoms with Crippen molar-refractivity contribution in [3.63, 3.8) is 0 Å². The number of benzene rings is 1. The van der Waals surface area contributed by atoms with Gasteiger partial charge in [0.1, 0.15) is 11.9 Å². The van der Waals surface area contributed by atoms with Gasteiger partial charge in [0.05, 0.1) is 18.0 Å². The molecule has 1 aromatic carbocycles. The third-order valence-corrected chi connectivity index (χ3v) is 9.30. The van der Waals surface area contributed by atoms with Gasteiger partial charge in [-0.1, -0.05) is 12.8 Å². The van der Waals surface area contributed by atoms with E-state index in [4.69, 9.17) is 10.5 Å². The summed E-state index contributed by atoms with van der Waals surface area (Å²) in [6.07, 6.45) is 7.29. The smallest absolute Gasteiger partial charge is 0.309 e. The molecule has 2 aromatic rings. The van der Waals surface area contributed by atoms with Crippen molar-refractivity contribution < 1.29 is 19.0 Å². The van der Waals surface area contributed by atoms with E-state index in [0.29, 0.717) is 47.0 Å². The van der Waals surface area contributed by atoms with Gasteiger partial charge in [-0.3, -0.25) is 9.78 Å². The molecule has 192 valence electrons. The number of alkyl halides is 1. The summed E-state index contributed by atoms with van der Waals surface area (Å²) in [5, 5.41) is 11.6. The SMILES string of the molecule is COc1ccc2ncc(CN)c(C(F)CCC3(C(=O)O)CCN(CCSC4CCCC4)CC3)c2c1. The van der Waals surface area contributed by atoms with E-state index in [2.05, 4.69) is 21.6 Å². The number of aliphatic carboxylic acids is 1. The molecule has 2 fully saturated rings. The maximum Gasteiger partial charge on any atom is 0.309 e. The lowest BCUT2D eigenvalue weighted by molar-refractivity contribution is -0.153. The Kier molecular flexibility index (Phi) is 8.89. The Morgan fingerprint density at radius 3 is 2.74 bits per heavy atom. The molecule has 0 amide bonds. The van der Waals surface area contributed by atoms with Gasteiger partial charge in [-0.15, -0.1) is 0 Å². The van der Waals surface area contributed by atoms with Crippen LogP contribution < -0.4 is 10.5 Å². The first-order chi connectivity index (χ1) is 17.0. The Morgan fingerprint density at radius 2 is 2.09 bits per heavy atom. The Morgan fingerprint density at radius 1 is 1.34 bits per heavy atom. The zero-order chi connectivity index (χ0) is 24.8. The second-order valence-electron chi connectivity index (χ2n) is 9.99. The average Bonchev–Trinajstić information content (AvgIpc) is 3.40. The van der Waals surface area contributed by atoms with Crippen LogP contribution in [0.1, 0.15) is 68.7 Å². The van der Waals surface area contributed by atoms with E-state index in [9.17, 15) is 9.90 Å². The largest absolute Gasteiger partial charge is 0.497 e. The minimum Gasteiger partial charge on any atom is -0.497 e. The Balaban J connectivity index is 1.40. The fraction of sp³-hybridized carbons (Fsp3) is 0.630. The molecule has 6 nitrogen and oxygen atoms in total. The first-order valence-corrected chi connectivity index (χ1v) is 13.9. The number of aromatic nitrogens is 1. The molecule has 1 aliphatic heterocycles. The highest BCUT2D eigenvalue weighted by Crippen LogP contribution is 2.41. The highest BCUT2D eigenvalue weighted by atomic mass is 32.2. The standard InChI is InChI=1S/C27H38FN3O3S/c1-34-20-6-7-24-22(16-20)25(19(17-29)18-30-24)23(28)8-9-27(26(32)33)10-12-31(13-11-27)14-15-35-21-4-2-3-5-21/h6-7,16,18,21,23H,2-5,8-15,17,29H2,1H3,(H,32,33).